The van der Waals surface area contributed by atoms with E-state index in [2.05, 4.69) is 10.6 Å². The third-order valence-electron chi connectivity index (χ3n) is 6.98. The summed E-state index contributed by atoms with van der Waals surface area (Å²) in [5.41, 5.74) is 2.55. The maximum Gasteiger partial charge on any atom is 0.414 e. The molecule has 10 heteroatoms. The minimum atomic E-state index is -0.384. The van der Waals surface area contributed by atoms with Crippen LogP contribution in [-0.4, -0.2) is 41.5 Å². The summed E-state index contributed by atoms with van der Waals surface area (Å²) in [6.07, 6.45) is 1.79. The Morgan fingerprint density at radius 3 is 2.83 bits per heavy atom. The predicted molar refractivity (Wildman–Crippen MR) is 136 cm³/mol. The van der Waals surface area contributed by atoms with E-state index in [1.54, 1.807) is 21.6 Å². The van der Waals surface area contributed by atoms with E-state index in [0.29, 0.717) is 42.2 Å². The van der Waals surface area contributed by atoms with Crippen LogP contribution >= 0.6 is 11.8 Å². The van der Waals surface area contributed by atoms with Gasteiger partial charge in [-0.2, -0.15) is 0 Å². The van der Waals surface area contributed by atoms with E-state index in [0.717, 1.165) is 35.2 Å². The molecule has 2 amide bonds. The van der Waals surface area contributed by atoms with E-state index in [9.17, 15) is 18.8 Å². The molecule has 1 saturated heterocycles. The van der Waals surface area contributed by atoms with Crippen LogP contribution in [0.1, 0.15) is 30.9 Å². The number of unbranched alkanes of at least 4 members (excludes halogenated alkanes) is 1. The monoisotopic (exact) mass is 508 g/mol. The number of aromatic nitrogens is 1. The first kappa shape index (κ1) is 23.1. The third kappa shape index (κ3) is 4.14. The molecular formula is C26H25FN4O4S. The van der Waals surface area contributed by atoms with Crippen molar-refractivity contribution >= 4 is 46.0 Å². The number of anilines is 2. The quantitative estimate of drug-likeness (QED) is 0.469. The first-order valence-corrected chi connectivity index (χ1v) is 13.1. The van der Waals surface area contributed by atoms with E-state index < -0.39 is 0 Å². The zero-order chi connectivity index (χ0) is 24.8. The number of nitrogens with zero attached hydrogens (tertiary/aromatic N) is 2. The lowest BCUT2D eigenvalue weighted by atomic mass is 10.1. The number of cyclic esters (lactones) is 1. The number of amides is 2. The normalized spacial score (nSPS) is 20.5. The smallest absolute Gasteiger partial charge is 0.414 e. The Morgan fingerprint density at radius 2 is 1.94 bits per heavy atom. The molecular weight excluding hydrogens is 483 g/mol. The Hall–Kier alpha value is -3.37. The van der Waals surface area contributed by atoms with Gasteiger partial charge in [-0.1, -0.05) is 0 Å². The van der Waals surface area contributed by atoms with Crippen molar-refractivity contribution in [1.82, 2.24) is 9.88 Å². The van der Waals surface area contributed by atoms with Crippen LogP contribution in [0.4, 0.5) is 20.6 Å². The van der Waals surface area contributed by atoms with Crippen LogP contribution in [0.5, 0.6) is 0 Å². The number of thioether (sulfide) groups is 1. The lowest BCUT2D eigenvalue weighted by molar-refractivity contribution is -0.113. The molecule has 0 saturated carbocycles. The minimum absolute atomic E-state index is 0.0481. The van der Waals surface area contributed by atoms with E-state index in [-0.39, 0.29) is 35.5 Å². The zero-order valence-electron chi connectivity index (χ0n) is 19.5. The number of rotatable bonds is 7. The van der Waals surface area contributed by atoms with Gasteiger partial charge in [0.2, 0.25) is 5.91 Å². The fourth-order valence-corrected chi connectivity index (χ4v) is 6.03. The van der Waals surface area contributed by atoms with Crippen LogP contribution in [0.2, 0.25) is 0 Å². The number of hydrogen-bond donors (Lipinski definition) is 2. The molecule has 0 bridgehead atoms. The Balaban J connectivity index is 1.02. The standard InChI is InChI=1S/C26H25FN4O4S/c27-18-7-4-15-5-9-23(33)31-13-20(24(18)25(15)31)28-10-2-1-3-17-12-30(26(34)35-17)16-6-8-21-19(11-16)29-22(32)14-36-21/h4-9,11,17,20,28H,1-3,10,12-14H2,(H,29,32). The Kier molecular flexibility index (Phi) is 5.93. The first-order valence-electron chi connectivity index (χ1n) is 12.1. The molecule has 0 spiro atoms. The maximum atomic E-state index is 14.6. The van der Waals surface area contributed by atoms with Gasteiger partial charge in [0.25, 0.3) is 5.56 Å². The number of benzene rings is 2. The Labute approximate surface area is 210 Å². The van der Waals surface area contributed by atoms with E-state index >= 15 is 0 Å². The molecule has 2 aromatic carbocycles. The largest absolute Gasteiger partial charge is 0.444 e. The lowest BCUT2D eigenvalue weighted by Gasteiger charge is -2.20. The summed E-state index contributed by atoms with van der Waals surface area (Å²) in [6, 6.07) is 11.8. The van der Waals surface area contributed by atoms with Gasteiger partial charge in [-0.25, -0.2) is 9.18 Å². The predicted octanol–water partition coefficient (Wildman–Crippen LogP) is 4.02. The van der Waals surface area contributed by atoms with Gasteiger partial charge in [0.15, 0.2) is 0 Å². The van der Waals surface area contributed by atoms with Crippen molar-refractivity contribution in [3.63, 3.8) is 0 Å². The highest BCUT2D eigenvalue weighted by atomic mass is 32.2. The molecule has 2 unspecified atom stereocenters. The van der Waals surface area contributed by atoms with Crippen LogP contribution in [-0.2, 0) is 16.1 Å². The van der Waals surface area contributed by atoms with Gasteiger partial charge in [-0.15, -0.1) is 11.8 Å². The number of fused-ring (bicyclic) bond motifs is 1. The van der Waals surface area contributed by atoms with Crippen molar-refractivity contribution < 1.29 is 18.7 Å². The number of pyridine rings is 1. The summed E-state index contributed by atoms with van der Waals surface area (Å²) in [5.74, 6) is 0.0505. The number of carbonyl (C=O) groups excluding carboxylic acids is 2. The number of hydrogen-bond acceptors (Lipinski definition) is 6. The molecule has 2 atom stereocenters. The van der Waals surface area contributed by atoms with Crippen LogP contribution < -0.4 is 21.1 Å². The summed E-state index contributed by atoms with van der Waals surface area (Å²) < 4.78 is 21.8. The molecule has 2 N–H and O–H groups in total. The van der Waals surface area contributed by atoms with Gasteiger partial charge in [0.05, 0.1) is 29.5 Å². The molecule has 6 rings (SSSR count). The summed E-state index contributed by atoms with van der Waals surface area (Å²) >= 11 is 1.48. The fourth-order valence-electron chi connectivity index (χ4n) is 5.25. The van der Waals surface area contributed by atoms with Crippen LogP contribution in [0, 0.1) is 5.82 Å². The van der Waals surface area contributed by atoms with Crippen LogP contribution in [0.15, 0.2) is 52.2 Å². The molecule has 186 valence electrons. The first-order chi connectivity index (χ1) is 17.5. The molecule has 3 aliphatic heterocycles. The number of nitrogens with one attached hydrogen (secondary N) is 2. The van der Waals surface area contributed by atoms with Crippen molar-refractivity contribution in [2.24, 2.45) is 0 Å². The highest BCUT2D eigenvalue weighted by Gasteiger charge is 2.33. The molecule has 3 aromatic rings. The van der Waals surface area contributed by atoms with Crippen LogP contribution in [0.3, 0.4) is 0 Å². The second-order valence-electron chi connectivity index (χ2n) is 9.32. The second kappa shape index (κ2) is 9.25. The highest BCUT2D eigenvalue weighted by Crippen LogP contribution is 2.36. The van der Waals surface area contributed by atoms with Gasteiger partial charge < -0.3 is 19.9 Å². The van der Waals surface area contributed by atoms with Crippen molar-refractivity contribution in [3.05, 3.63) is 64.2 Å². The van der Waals surface area contributed by atoms with Gasteiger partial charge in [0, 0.05) is 28.8 Å². The zero-order valence-corrected chi connectivity index (χ0v) is 20.3. The van der Waals surface area contributed by atoms with Crippen LogP contribution in [0.25, 0.3) is 10.9 Å². The van der Waals surface area contributed by atoms with Crippen molar-refractivity contribution in [1.29, 1.82) is 0 Å². The fraction of sp³-hybridized carbons (Fsp3) is 0.346. The minimum Gasteiger partial charge on any atom is -0.444 e. The summed E-state index contributed by atoms with van der Waals surface area (Å²) in [4.78, 5) is 39.0. The summed E-state index contributed by atoms with van der Waals surface area (Å²) in [6.45, 7) is 1.54. The average Bonchev–Trinajstić information content (AvgIpc) is 3.44. The average molecular weight is 509 g/mol. The molecule has 4 heterocycles. The van der Waals surface area contributed by atoms with E-state index in [4.69, 9.17) is 4.74 Å². The molecule has 0 radical (unpaired) electrons. The molecule has 1 fully saturated rings. The molecule has 0 aliphatic carbocycles. The molecule has 8 nitrogen and oxygen atoms in total. The van der Waals surface area contributed by atoms with Crippen molar-refractivity contribution in [2.75, 3.05) is 29.1 Å². The highest BCUT2D eigenvalue weighted by molar-refractivity contribution is 8.00. The molecule has 36 heavy (non-hydrogen) atoms. The summed E-state index contributed by atoms with van der Waals surface area (Å²) in [5, 5.41) is 7.12. The Morgan fingerprint density at radius 1 is 1.08 bits per heavy atom. The number of ether oxygens (including phenoxy) is 1. The lowest BCUT2D eigenvalue weighted by Crippen LogP contribution is -2.26. The van der Waals surface area contributed by atoms with E-state index in [1.807, 2.05) is 18.2 Å². The third-order valence-corrected chi connectivity index (χ3v) is 8.05. The van der Waals surface area contributed by atoms with Gasteiger partial charge in [0.1, 0.15) is 11.9 Å². The topological polar surface area (TPSA) is 92.7 Å². The van der Waals surface area contributed by atoms with Gasteiger partial charge in [-0.05, 0) is 67.6 Å². The van der Waals surface area contributed by atoms with Gasteiger partial charge >= 0.3 is 6.09 Å². The Bertz CT molecular complexity index is 1440. The number of halogens is 1. The SMILES string of the molecule is O=C1CSc2ccc(N3CC(CCCCNC4Cn5c(=O)ccc6ccc(F)c4c65)OC3=O)cc2N1. The van der Waals surface area contributed by atoms with E-state index in [1.165, 1.54) is 23.9 Å². The number of carbonyl (C=O) groups is 2. The van der Waals surface area contributed by atoms with Crippen molar-refractivity contribution in [2.45, 2.75) is 42.8 Å². The summed E-state index contributed by atoms with van der Waals surface area (Å²) in [7, 11) is 0. The van der Waals surface area contributed by atoms with Gasteiger partial charge in [-0.3, -0.25) is 14.5 Å². The van der Waals surface area contributed by atoms with Crippen molar-refractivity contribution in [3.8, 4) is 0 Å². The second-order valence-corrected chi connectivity index (χ2v) is 10.3. The maximum absolute atomic E-state index is 14.6. The molecule has 3 aliphatic rings. The molecule has 1 aromatic heterocycles.